The predicted molar refractivity (Wildman–Crippen MR) is 111 cm³/mol. The summed E-state index contributed by atoms with van der Waals surface area (Å²) in [5, 5.41) is 2.78. The van der Waals surface area contributed by atoms with Crippen molar-refractivity contribution in [3.8, 4) is 11.5 Å². The first-order chi connectivity index (χ1) is 14.3. The molecule has 158 valence electrons. The molecule has 8 heteroatoms. The van der Waals surface area contributed by atoms with Crippen molar-refractivity contribution in [2.24, 2.45) is 0 Å². The summed E-state index contributed by atoms with van der Waals surface area (Å²) in [7, 11) is 0. The summed E-state index contributed by atoms with van der Waals surface area (Å²) in [6.07, 6.45) is 0. The summed E-state index contributed by atoms with van der Waals surface area (Å²) in [4.78, 5) is 38.6. The zero-order valence-electron chi connectivity index (χ0n) is 17.1. The van der Waals surface area contributed by atoms with Crippen LogP contribution in [0, 0.1) is 0 Å². The van der Waals surface area contributed by atoms with E-state index in [9.17, 15) is 14.4 Å². The Morgan fingerprint density at radius 2 is 1.60 bits per heavy atom. The van der Waals surface area contributed by atoms with Gasteiger partial charge in [0.25, 0.3) is 5.91 Å². The van der Waals surface area contributed by atoms with Crippen LogP contribution in [0.3, 0.4) is 0 Å². The number of benzene rings is 2. The van der Waals surface area contributed by atoms with Gasteiger partial charge in [0.1, 0.15) is 17.0 Å². The van der Waals surface area contributed by atoms with Gasteiger partial charge in [-0.05, 0) is 57.2 Å². The first-order valence-corrected chi connectivity index (χ1v) is 9.57. The number of ether oxygens (including phenoxy) is 3. The van der Waals surface area contributed by atoms with Gasteiger partial charge in [0.05, 0.1) is 18.0 Å². The Morgan fingerprint density at radius 1 is 0.967 bits per heavy atom. The zero-order chi connectivity index (χ0) is 21.7. The van der Waals surface area contributed by atoms with Crippen LogP contribution in [-0.2, 0) is 19.1 Å². The zero-order valence-corrected chi connectivity index (χ0v) is 17.1. The fourth-order valence-corrected chi connectivity index (χ4v) is 3.09. The van der Waals surface area contributed by atoms with E-state index in [-0.39, 0.29) is 12.5 Å². The van der Waals surface area contributed by atoms with Crippen molar-refractivity contribution in [1.29, 1.82) is 0 Å². The first kappa shape index (κ1) is 21.2. The number of hydrogen-bond donors (Lipinski definition) is 1. The molecule has 0 radical (unpaired) electrons. The van der Waals surface area contributed by atoms with Crippen LogP contribution in [0.2, 0.25) is 0 Å². The Hall–Kier alpha value is -3.55. The van der Waals surface area contributed by atoms with E-state index in [1.807, 2.05) is 6.92 Å². The average molecular weight is 412 g/mol. The van der Waals surface area contributed by atoms with Crippen molar-refractivity contribution in [3.05, 3.63) is 48.5 Å². The van der Waals surface area contributed by atoms with E-state index in [4.69, 9.17) is 14.2 Å². The van der Waals surface area contributed by atoms with Gasteiger partial charge in [-0.15, -0.1) is 0 Å². The Labute approximate surface area is 174 Å². The van der Waals surface area contributed by atoms with Crippen molar-refractivity contribution < 1.29 is 28.6 Å². The van der Waals surface area contributed by atoms with Crippen LogP contribution < -0.4 is 19.7 Å². The van der Waals surface area contributed by atoms with E-state index in [0.29, 0.717) is 29.5 Å². The number of esters is 1. The van der Waals surface area contributed by atoms with Crippen molar-refractivity contribution in [3.63, 3.8) is 0 Å². The van der Waals surface area contributed by atoms with Crippen molar-refractivity contribution in [1.82, 2.24) is 0 Å². The summed E-state index contributed by atoms with van der Waals surface area (Å²) in [6.45, 7) is 4.86. The molecule has 1 N–H and O–H groups in total. The number of anilines is 2. The van der Waals surface area contributed by atoms with Gasteiger partial charge in [0.15, 0.2) is 13.2 Å². The fourth-order valence-electron chi connectivity index (χ4n) is 3.09. The van der Waals surface area contributed by atoms with E-state index in [2.05, 4.69) is 5.32 Å². The Kier molecular flexibility index (Phi) is 6.25. The number of rotatable bonds is 7. The van der Waals surface area contributed by atoms with Crippen LogP contribution in [0.4, 0.5) is 11.4 Å². The molecule has 0 fully saturated rings. The normalized spacial score (nSPS) is 14.4. The summed E-state index contributed by atoms with van der Waals surface area (Å²) >= 11 is 0. The molecule has 30 heavy (non-hydrogen) atoms. The fraction of sp³-hybridized carbons (Fsp3) is 0.318. The lowest BCUT2D eigenvalue weighted by molar-refractivity contribution is -0.150. The van der Waals surface area contributed by atoms with Crippen LogP contribution in [-0.4, -0.2) is 43.1 Å². The second-order valence-electron chi connectivity index (χ2n) is 7.11. The molecule has 0 spiro atoms. The highest BCUT2D eigenvalue weighted by atomic mass is 16.6. The molecule has 0 unspecified atom stereocenters. The first-order valence-electron chi connectivity index (χ1n) is 9.57. The Bertz CT molecular complexity index is 939. The molecular weight excluding hydrogens is 388 g/mol. The number of carbonyl (C=O) groups excluding carboxylic acids is 3. The molecule has 3 rings (SSSR count). The van der Waals surface area contributed by atoms with Gasteiger partial charge in [-0.2, -0.15) is 0 Å². The molecule has 2 aromatic carbocycles. The molecule has 1 aliphatic rings. The minimum absolute atomic E-state index is 0.320. The Morgan fingerprint density at radius 3 is 2.27 bits per heavy atom. The maximum Gasteiger partial charge on any atom is 0.344 e. The van der Waals surface area contributed by atoms with E-state index in [1.165, 1.54) is 4.90 Å². The third-order valence-electron chi connectivity index (χ3n) is 4.61. The molecule has 0 bridgehead atoms. The molecule has 0 saturated heterocycles. The summed E-state index contributed by atoms with van der Waals surface area (Å²) < 4.78 is 15.8. The SMILES string of the molecule is CCOc1ccc(OCC(=O)OCC(=O)N2c3ccccc3NC(=O)C2(C)C)cc1. The van der Waals surface area contributed by atoms with Crippen molar-refractivity contribution >= 4 is 29.2 Å². The smallest absolute Gasteiger partial charge is 0.344 e. The molecule has 8 nitrogen and oxygen atoms in total. The van der Waals surface area contributed by atoms with Crippen molar-refractivity contribution in [2.45, 2.75) is 26.3 Å². The number of fused-ring (bicyclic) bond motifs is 1. The van der Waals surface area contributed by atoms with E-state index >= 15 is 0 Å². The Balaban J connectivity index is 1.58. The minimum Gasteiger partial charge on any atom is -0.494 e. The number of hydrogen-bond acceptors (Lipinski definition) is 6. The van der Waals surface area contributed by atoms with Gasteiger partial charge >= 0.3 is 5.97 Å². The molecule has 0 aliphatic carbocycles. The summed E-state index contributed by atoms with van der Waals surface area (Å²) in [5.41, 5.74) is -0.0504. The summed E-state index contributed by atoms with van der Waals surface area (Å²) in [5.74, 6) is -0.336. The third-order valence-corrected chi connectivity index (χ3v) is 4.61. The van der Waals surface area contributed by atoms with Gasteiger partial charge in [-0.1, -0.05) is 12.1 Å². The molecule has 1 aliphatic heterocycles. The standard InChI is InChI=1S/C22H24N2O6/c1-4-28-15-9-11-16(12-10-15)29-14-20(26)30-13-19(25)24-18-8-6-5-7-17(18)23-21(27)22(24,2)3/h5-12H,4,13-14H2,1-3H3,(H,23,27). The highest BCUT2D eigenvalue weighted by Gasteiger charge is 2.43. The quantitative estimate of drug-likeness (QED) is 0.703. The second kappa shape index (κ2) is 8.86. The van der Waals surface area contributed by atoms with Gasteiger partial charge < -0.3 is 19.5 Å². The molecular formula is C22H24N2O6. The molecule has 2 aromatic rings. The van der Waals surface area contributed by atoms with Crippen LogP contribution in [0.5, 0.6) is 11.5 Å². The number of nitrogens with zero attached hydrogens (tertiary/aromatic N) is 1. The molecule has 0 aromatic heterocycles. The molecule has 0 saturated carbocycles. The predicted octanol–water partition coefficient (Wildman–Crippen LogP) is 2.77. The summed E-state index contributed by atoms with van der Waals surface area (Å²) in [6, 6.07) is 13.8. The monoisotopic (exact) mass is 412 g/mol. The number of carbonyl (C=O) groups is 3. The van der Waals surface area contributed by atoms with Crippen LogP contribution in [0.15, 0.2) is 48.5 Å². The third kappa shape index (κ3) is 4.53. The topological polar surface area (TPSA) is 94.2 Å². The van der Waals surface area contributed by atoms with Crippen molar-refractivity contribution in [2.75, 3.05) is 30.0 Å². The van der Waals surface area contributed by atoms with Crippen LogP contribution >= 0.6 is 0 Å². The van der Waals surface area contributed by atoms with E-state index in [0.717, 1.165) is 0 Å². The van der Waals surface area contributed by atoms with E-state index < -0.39 is 24.0 Å². The van der Waals surface area contributed by atoms with Gasteiger partial charge in [-0.3, -0.25) is 14.5 Å². The largest absolute Gasteiger partial charge is 0.494 e. The van der Waals surface area contributed by atoms with Gasteiger partial charge in [0.2, 0.25) is 5.91 Å². The molecule has 1 heterocycles. The highest BCUT2D eigenvalue weighted by molar-refractivity contribution is 6.14. The minimum atomic E-state index is -1.13. The second-order valence-corrected chi connectivity index (χ2v) is 7.11. The lowest BCUT2D eigenvalue weighted by atomic mass is 9.96. The van der Waals surface area contributed by atoms with Gasteiger partial charge in [-0.25, -0.2) is 4.79 Å². The maximum atomic E-state index is 12.8. The van der Waals surface area contributed by atoms with Crippen LogP contribution in [0.25, 0.3) is 0 Å². The highest BCUT2D eigenvalue weighted by Crippen LogP contribution is 2.36. The molecule has 0 atom stereocenters. The van der Waals surface area contributed by atoms with Crippen LogP contribution in [0.1, 0.15) is 20.8 Å². The number of nitrogens with one attached hydrogen (secondary N) is 1. The molecule has 2 amide bonds. The lowest BCUT2D eigenvalue weighted by Crippen LogP contribution is -2.59. The number of amides is 2. The lowest BCUT2D eigenvalue weighted by Gasteiger charge is -2.41. The maximum absolute atomic E-state index is 12.8. The average Bonchev–Trinajstić information content (AvgIpc) is 2.72. The number of para-hydroxylation sites is 2. The van der Waals surface area contributed by atoms with Gasteiger partial charge in [0, 0.05) is 0 Å². The van der Waals surface area contributed by atoms with E-state index in [1.54, 1.807) is 62.4 Å².